The fourth-order valence-corrected chi connectivity index (χ4v) is 12.0. The molecule has 2 unspecified atom stereocenters. The molecule has 1 amide bonds. The first-order chi connectivity index (χ1) is 42.0. The second-order valence-corrected chi connectivity index (χ2v) is 26.3. The van der Waals surface area contributed by atoms with Gasteiger partial charge in [0, 0.05) is 12.8 Å². The molecule has 0 aliphatic carbocycles. The van der Waals surface area contributed by atoms with Crippen molar-refractivity contribution in [2.75, 3.05) is 13.2 Å². The number of aliphatic hydroxyl groups is 2. The number of rotatable bonds is 72. The minimum atomic E-state index is -0.846. The van der Waals surface area contributed by atoms with Gasteiger partial charge in [-0.3, -0.25) is 9.59 Å². The number of unbranched alkanes of at least 4 members (excludes halogenated alkanes) is 55. The van der Waals surface area contributed by atoms with E-state index in [9.17, 15) is 19.8 Å². The average molecular weight is 1190 g/mol. The molecule has 0 radical (unpaired) electrons. The Labute approximate surface area is 531 Å². The Bertz CT molecular complexity index is 1420. The van der Waals surface area contributed by atoms with Gasteiger partial charge in [-0.25, -0.2) is 0 Å². The number of hydrogen-bond donors (Lipinski definition) is 3. The molecular weight excluding hydrogens is 1040 g/mol. The molecule has 6 nitrogen and oxygen atoms in total. The number of aliphatic hydroxyl groups excluding tert-OH is 2. The van der Waals surface area contributed by atoms with E-state index in [4.69, 9.17) is 4.74 Å². The Morgan fingerprint density at radius 2 is 0.588 bits per heavy atom. The number of carbonyl (C=O) groups excluding carboxylic acids is 2. The maximum Gasteiger partial charge on any atom is 0.305 e. The topological polar surface area (TPSA) is 95.9 Å². The van der Waals surface area contributed by atoms with Crippen molar-refractivity contribution >= 4 is 11.9 Å². The molecular formula is C79H149NO5. The van der Waals surface area contributed by atoms with E-state index < -0.39 is 12.1 Å². The molecule has 0 aromatic rings. The van der Waals surface area contributed by atoms with Gasteiger partial charge in [0.15, 0.2) is 0 Å². The van der Waals surface area contributed by atoms with E-state index in [1.807, 2.05) is 6.08 Å². The van der Waals surface area contributed by atoms with Gasteiger partial charge >= 0.3 is 5.97 Å². The summed E-state index contributed by atoms with van der Waals surface area (Å²) in [6.07, 6.45) is 97.9. The first-order valence-corrected chi connectivity index (χ1v) is 38.4. The molecule has 0 saturated heterocycles. The number of amides is 1. The number of esters is 1. The predicted octanol–water partition coefficient (Wildman–Crippen LogP) is 25.2. The molecule has 3 N–H and O–H groups in total. The van der Waals surface area contributed by atoms with Crippen LogP contribution in [-0.4, -0.2) is 47.4 Å². The normalized spacial score (nSPS) is 12.8. The van der Waals surface area contributed by atoms with Crippen molar-refractivity contribution in [1.29, 1.82) is 0 Å². The van der Waals surface area contributed by atoms with E-state index in [2.05, 4.69) is 55.6 Å². The van der Waals surface area contributed by atoms with Gasteiger partial charge in [-0.2, -0.15) is 0 Å². The molecule has 2 atom stereocenters. The summed E-state index contributed by atoms with van der Waals surface area (Å²) in [5.74, 6) is -0.0605. The minimum Gasteiger partial charge on any atom is -0.466 e. The lowest BCUT2D eigenvalue weighted by Gasteiger charge is -2.20. The second-order valence-electron chi connectivity index (χ2n) is 26.3. The van der Waals surface area contributed by atoms with Crippen molar-refractivity contribution in [3.8, 4) is 0 Å². The predicted molar refractivity (Wildman–Crippen MR) is 375 cm³/mol. The summed E-state index contributed by atoms with van der Waals surface area (Å²) < 4.78 is 5.49. The highest BCUT2D eigenvalue weighted by atomic mass is 16.5. The third-order valence-electron chi connectivity index (χ3n) is 17.8. The standard InChI is InChI=1S/C79H149NO5/c1-3-5-7-9-11-13-15-17-19-20-21-22-23-31-34-37-40-44-47-51-55-59-63-67-71-77(82)76(75-81)80-78(83)72-68-64-60-56-52-48-45-41-38-35-32-29-27-25-24-26-28-30-33-36-39-42-46-50-54-58-62-66-70-74-85-79(84)73-69-65-61-57-53-49-43-18-16-14-12-10-8-6-4-2/h12,14,18,24,26,43,67,71,76-77,81-82H,3-11,13,15-17,19-23,25,27-42,44-66,68-70,72-75H2,1-2H3,(H,80,83)/b14-12-,26-24-,43-18-,71-67+. The lowest BCUT2D eigenvalue weighted by molar-refractivity contribution is -0.143. The van der Waals surface area contributed by atoms with Crippen LogP contribution in [0.1, 0.15) is 418 Å². The van der Waals surface area contributed by atoms with Gasteiger partial charge in [0.1, 0.15) is 0 Å². The number of ether oxygens (including phenoxy) is 1. The van der Waals surface area contributed by atoms with Crippen LogP contribution in [-0.2, 0) is 14.3 Å². The van der Waals surface area contributed by atoms with Gasteiger partial charge in [-0.15, -0.1) is 0 Å². The zero-order valence-corrected chi connectivity index (χ0v) is 57.4. The summed E-state index contributed by atoms with van der Waals surface area (Å²) in [5, 5.41) is 23.3. The lowest BCUT2D eigenvalue weighted by atomic mass is 10.0. The van der Waals surface area contributed by atoms with Crippen LogP contribution in [0.2, 0.25) is 0 Å². The Morgan fingerprint density at radius 1 is 0.329 bits per heavy atom. The van der Waals surface area contributed by atoms with E-state index in [0.29, 0.717) is 19.4 Å². The largest absolute Gasteiger partial charge is 0.466 e. The van der Waals surface area contributed by atoms with Crippen LogP contribution in [0.4, 0.5) is 0 Å². The van der Waals surface area contributed by atoms with Crippen molar-refractivity contribution in [3.05, 3.63) is 48.6 Å². The highest BCUT2D eigenvalue weighted by Crippen LogP contribution is 2.19. The Balaban J connectivity index is 3.41. The van der Waals surface area contributed by atoms with Crippen LogP contribution >= 0.6 is 0 Å². The van der Waals surface area contributed by atoms with Crippen molar-refractivity contribution in [2.24, 2.45) is 0 Å². The van der Waals surface area contributed by atoms with E-state index in [1.54, 1.807) is 6.08 Å². The average Bonchev–Trinajstić information content (AvgIpc) is 3.51. The molecule has 500 valence electrons. The maximum atomic E-state index is 12.5. The molecule has 85 heavy (non-hydrogen) atoms. The summed E-state index contributed by atoms with van der Waals surface area (Å²) in [5.41, 5.74) is 0. The fraction of sp³-hybridized carbons (Fsp3) is 0.873. The minimum absolute atomic E-state index is 0.00251. The molecule has 0 spiro atoms. The molecule has 0 aliphatic heterocycles. The number of carbonyl (C=O) groups is 2. The summed E-state index contributed by atoms with van der Waals surface area (Å²) >= 11 is 0. The van der Waals surface area contributed by atoms with E-state index in [1.165, 1.54) is 340 Å². The number of nitrogens with one attached hydrogen (secondary N) is 1. The highest BCUT2D eigenvalue weighted by Gasteiger charge is 2.18. The number of allylic oxidation sites excluding steroid dienone is 7. The molecule has 0 saturated carbocycles. The van der Waals surface area contributed by atoms with Crippen LogP contribution in [0.3, 0.4) is 0 Å². The quantitative estimate of drug-likeness (QED) is 0.0320. The summed E-state index contributed by atoms with van der Waals surface area (Å²) in [4.78, 5) is 24.6. The van der Waals surface area contributed by atoms with Crippen LogP contribution in [0.5, 0.6) is 0 Å². The van der Waals surface area contributed by atoms with E-state index in [0.717, 1.165) is 51.4 Å². The lowest BCUT2D eigenvalue weighted by Crippen LogP contribution is -2.45. The summed E-state index contributed by atoms with van der Waals surface area (Å²) in [6, 6.07) is -0.630. The third kappa shape index (κ3) is 70.8. The van der Waals surface area contributed by atoms with Gasteiger partial charge < -0.3 is 20.3 Å². The van der Waals surface area contributed by atoms with Gasteiger partial charge in [-0.1, -0.05) is 364 Å². The van der Waals surface area contributed by atoms with Crippen molar-refractivity contribution < 1.29 is 24.5 Å². The van der Waals surface area contributed by atoms with Gasteiger partial charge in [0.2, 0.25) is 5.91 Å². The Hall–Kier alpha value is -2.18. The first-order valence-electron chi connectivity index (χ1n) is 38.4. The maximum absolute atomic E-state index is 12.5. The molecule has 0 aromatic carbocycles. The van der Waals surface area contributed by atoms with Gasteiger partial charge in [0.05, 0.1) is 25.4 Å². The van der Waals surface area contributed by atoms with E-state index >= 15 is 0 Å². The van der Waals surface area contributed by atoms with Crippen molar-refractivity contribution in [3.63, 3.8) is 0 Å². The summed E-state index contributed by atoms with van der Waals surface area (Å²) in [6.45, 7) is 4.91. The molecule has 0 aromatic heterocycles. The molecule has 0 aliphatic rings. The molecule has 0 bridgehead atoms. The first kappa shape index (κ1) is 82.8. The SMILES string of the molecule is CCCCC/C=C\C/C=C\CCCCCCCC(=O)OCCCCCCCCCCCCCC/C=C\CCCCCCCCCCCCCCCC(=O)NC(CO)C(O)/C=C/CCCCCCCCCCCCCCCCCCCCCCCC. The summed E-state index contributed by atoms with van der Waals surface area (Å²) in [7, 11) is 0. The highest BCUT2D eigenvalue weighted by molar-refractivity contribution is 5.76. The van der Waals surface area contributed by atoms with Crippen molar-refractivity contribution in [2.45, 2.75) is 431 Å². The number of hydrogen-bond acceptors (Lipinski definition) is 5. The van der Waals surface area contributed by atoms with Crippen LogP contribution in [0, 0.1) is 0 Å². The van der Waals surface area contributed by atoms with Crippen LogP contribution < -0.4 is 5.32 Å². The molecule has 0 rings (SSSR count). The Morgan fingerprint density at radius 3 is 0.929 bits per heavy atom. The van der Waals surface area contributed by atoms with Crippen molar-refractivity contribution in [1.82, 2.24) is 5.32 Å². The monoisotopic (exact) mass is 1190 g/mol. The Kier molecular flexibility index (Phi) is 72.4. The smallest absolute Gasteiger partial charge is 0.305 e. The molecule has 6 heteroatoms. The van der Waals surface area contributed by atoms with E-state index in [-0.39, 0.29) is 18.5 Å². The fourth-order valence-electron chi connectivity index (χ4n) is 12.0. The second kappa shape index (κ2) is 74.3. The van der Waals surface area contributed by atoms with Gasteiger partial charge in [-0.05, 0) is 89.9 Å². The molecule has 0 fully saturated rings. The zero-order valence-electron chi connectivity index (χ0n) is 57.4. The third-order valence-corrected chi connectivity index (χ3v) is 17.8. The van der Waals surface area contributed by atoms with Crippen LogP contribution in [0.25, 0.3) is 0 Å². The zero-order chi connectivity index (χ0) is 61.3. The van der Waals surface area contributed by atoms with Gasteiger partial charge in [0.25, 0.3) is 0 Å². The molecule has 0 heterocycles. The van der Waals surface area contributed by atoms with Crippen LogP contribution in [0.15, 0.2) is 48.6 Å².